The number of piperidine rings is 1. The highest BCUT2D eigenvalue weighted by Gasteiger charge is 2.14. The van der Waals surface area contributed by atoms with Gasteiger partial charge in [-0.1, -0.05) is 19.1 Å². The van der Waals surface area contributed by atoms with Gasteiger partial charge in [-0.25, -0.2) is 4.39 Å². The Bertz CT molecular complexity index is 499. The average molecular weight is 462 g/mol. The van der Waals surface area contributed by atoms with Gasteiger partial charge in [-0.15, -0.1) is 24.0 Å². The van der Waals surface area contributed by atoms with E-state index in [1.165, 1.54) is 51.0 Å². The summed E-state index contributed by atoms with van der Waals surface area (Å²) in [6.45, 7) is 7.64. The van der Waals surface area contributed by atoms with Crippen molar-refractivity contribution in [2.75, 3.05) is 33.2 Å². The van der Waals surface area contributed by atoms with Gasteiger partial charge in [-0.3, -0.25) is 4.99 Å². The lowest BCUT2D eigenvalue weighted by Crippen LogP contribution is -2.38. The van der Waals surface area contributed by atoms with E-state index in [1.807, 2.05) is 0 Å². The van der Waals surface area contributed by atoms with Crippen molar-refractivity contribution in [2.24, 2.45) is 10.9 Å². The molecule has 6 heteroatoms. The summed E-state index contributed by atoms with van der Waals surface area (Å²) in [4.78, 5) is 6.81. The fraction of sp³-hybridized carbons (Fsp3) is 0.632. The van der Waals surface area contributed by atoms with Crippen LogP contribution in [0.1, 0.15) is 38.2 Å². The first-order valence-corrected chi connectivity index (χ1v) is 9.08. The maximum atomic E-state index is 12.9. The third kappa shape index (κ3) is 8.85. The lowest BCUT2D eigenvalue weighted by atomic mass is 9.99. The number of benzene rings is 1. The van der Waals surface area contributed by atoms with E-state index in [2.05, 4.69) is 27.4 Å². The Morgan fingerprint density at radius 1 is 1.16 bits per heavy atom. The van der Waals surface area contributed by atoms with Crippen LogP contribution in [0.15, 0.2) is 29.3 Å². The molecule has 1 aromatic carbocycles. The van der Waals surface area contributed by atoms with Gasteiger partial charge in [-0.2, -0.15) is 0 Å². The molecular weight excluding hydrogens is 430 g/mol. The lowest BCUT2D eigenvalue weighted by Gasteiger charge is -2.30. The maximum absolute atomic E-state index is 12.9. The first-order valence-electron chi connectivity index (χ1n) is 9.08. The first-order chi connectivity index (χ1) is 11.7. The summed E-state index contributed by atoms with van der Waals surface area (Å²) in [5, 5.41) is 6.60. The lowest BCUT2D eigenvalue weighted by molar-refractivity contribution is 0.189. The van der Waals surface area contributed by atoms with Crippen LogP contribution in [0.2, 0.25) is 0 Å². The molecule has 1 aliphatic rings. The molecule has 0 spiro atoms. The molecule has 0 aromatic heterocycles. The molecule has 2 N–H and O–H groups in total. The molecule has 4 nitrogen and oxygen atoms in total. The predicted octanol–water partition coefficient (Wildman–Crippen LogP) is 3.62. The van der Waals surface area contributed by atoms with E-state index in [9.17, 15) is 4.39 Å². The van der Waals surface area contributed by atoms with Crippen LogP contribution in [0.5, 0.6) is 0 Å². The molecule has 1 aliphatic heterocycles. The molecule has 2 rings (SSSR count). The predicted molar refractivity (Wildman–Crippen MR) is 114 cm³/mol. The number of likely N-dealkylation sites (tertiary alicyclic amines) is 1. The number of rotatable bonds is 7. The minimum Gasteiger partial charge on any atom is -0.356 e. The third-order valence-corrected chi connectivity index (χ3v) is 4.67. The Balaban J connectivity index is 0.00000312. The smallest absolute Gasteiger partial charge is 0.191 e. The molecule has 25 heavy (non-hydrogen) atoms. The molecule has 0 aliphatic carbocycles. The fourth-order valence-corrected chi connectivity index (χ4v) is 2.96. The van der Waals surface area contributed by atoms with Gasteiger partial charge in [-0.05, 0) is 68.9 Å². The summed E-state index contributed by atoms with van der Waals surface area (Å²) in [6, 6.07) is 6.53. The topological polar surface area (TPSA) is 39.7 Å². The van der Waals surface area contributed by atoms with Gasteiger partial charge in [0.05, 0.1) is 0 Å². The third-order valence-electron chi connectivity index (χ3n) is 4.67. The zero-order valence-electron chi connectivity index (χ0n) is 15.4. The van der Waals surface area contributed by atoms with E-state index in [-0.39, 0.29) is 29.8 Å². The molecule has 1 aromatic rings. The van der Waals surface area contributed by atoms with Crippen molar-refractivity contribution in [3.63, 3.8) is 0 Å². The number of nitrogens with zero attached hydrogens (tertiary/aromatic N) is 2. The van der Waals surface area contributed by atoms with Crippen LogP contribution in [0.3, 0.4) is 0 Å². The molecule has 1 heterocycles. The van der Waals surface area contributed by atoms with Gasteiger partial charge in [0.2, 0.25) is 0 Å². The number of halogens is 2. The number of guanidine groups is 1. The molecule has 0 amide bonds. The van der Waals surface area contributed by atoms with Gasteiger partial charge in [0.15, 0.2) is 5.96 Å². The van der Waals surface area contributed by atoms with E-state index >= 15 is 0 Å². The molecule has 1 fully saturated rings. The highest BCUT2D eigenvalue weighted by molar-refractivity contribution is 14.0. The van der Waals surface area contributed by atoms with Crippen molar-refractivity contribution in [3.05, 3.63) is 35.6 Å². The van der Waals surface area contributed by atoms with Crippen molar-refractivity contribution >= 4 is 29.9 Å². The summed E-state index contributed by atoms with van der Waals surface area (Å²) < 4.78 is 12.9. The van der Waals surface area contributed by atoms with E-state index in [0.717, 1.165) is 30.4 Å². The fourth-order valence-electron chi connectivity index (χ4n) is 2.96. The van der Waals surface area contributed by atoms with E-state index in [1.54, 1.807) is 19.2 Å². The Labute approximate surface area is 168 Å². The monoisotopic (exact) mass is 462 g/mol. The Hall–Kier alpha value is -0.890. The molecule has 0 radical (unpaired) electrons. The van der Waals surface area contributed by atoms with Crippen LogP contribution >= 0.6 is 24.0 Å². The maximum Gasteiger partial charge on any atom is 0.191 e. The summed E-state index contributed by atoms with van der Waals surface area (Å²) in [6.07, 6.45) is 5.05. The zero-order valence-corrected chi connectivity index (χ0v) is 17.8. The van der Waals surface area contributed by atoms with Crippen LogP contribution in [0.4, 0.5) is 4.39 Å². The van der Waals surface area contributed by atoms with Gasteiger partial charge >= 0.3 is 0 Å². The Morgan fingerprint density at radius 2 is 1.84 bits per heavy atom. The molecule has 1 saturated heterocycles. The Kier molecular flexibility index (Phi) is 11.0. The molecule has 0 bridgehead atoms. The zero-order chi connectivity index (χ0) is 17.2. The van der Waals surface area contributed by atoms with Crippen molar-refractivity contribution in [2.45, 2.75) is 39.2 Å². The second kappa shape index (κ2) is 12.5. The minimum atomic E-state index is -0.204. The van der Waals surface area contributed by atoms with Crippen molar-refractivity contribution in [1.29, 1.82) is 0 Å². The van der Waals surface area contributed by atoms with Crippen LogP contribution < -0.4 is 10.6 Å². The second-order valence-electron chi connectivity index (χ2n) is 6.71. The summed E-state index contributed by atoms with van der Waals surface area (Å²) in [7, 11) is 1.77. The molecule has 0 unspecified atom stereocenters. The van der Waals surface area contributed by atoms with E-state index in [0.29, 0.717) is 6.54 Å². The summed E-state index contributed by atoms with van der Waals surface area (Å²) in [5.74, 6) is 1.49. The van der Waals surface area contributed by atoms with Gasteiger partial charge in [0.1, 0.15) is 5.82 Å². The van der Waals surface area contributed by atoms with Crippen LogP contribution in [-0.4, -0.2) is 44.1 Å². The normalized spacial score (nSPS) is 16.4. The highest BCUT2D eigenvalue weighted by Crippen LogP contribution is 2.16. The van der Waals surface area contributed by atoms with Crippen molar-refractivity contribution in [1.82, 2.24) is 15.5 Å². The van der Waals surface area contributed by atoms with Crippen LogP contribution in [-0.2, 0) is 6.54 Å². The van der Waals surface area contributed by atoms with Gasteiger partial charge < -0.3 is 15.5 Å². The molecular formula is C19H32FIN4. The van der Waals surface area contributed by atoms with Crippen molar-refractivity contribution in [3.8, 4) is 0 Å². The number of hydrogen-bond acceptors (Lipinski definition) is 2. The second-order valence-corrected chi connectivity index (χ2v) is 6.71. The molecule has 142 valence electrons. The van der Waals surface area contributed by atoms with Crippen molar-refractivity contribution < 1.29 is 4.39 Å². The number of nitrogens with one attached hydrogen (secondary N) is 2. The van der Waals surface area contributed by atoms with E-state index in [4.69, 9.17) is 0 Å². The number of hydrogen-bond donors (Lipinski definition) is 2. The first kappa shape index (κ1) is 22.2. The summed E-state index contributed by atoms with van der Waals surface area (Å²) >= 11 is 0. The minimum absolute atomic E-state index is 0. The average Bonchev–Trinajstić information content (AvgIpc) is 2.60. The molecule has 0 saturated carbocycles. The summed E-state index contributed by atoms with van der Waals surface area (Å²) in [5.41, 5.74) is 1.04. The molecule has 0 atom stereocenters. The SMILES string of the molecule is CN=C(NCCCCN1CCC(C)CC1)NCc1ccc(F)cc1.I. The van der Waals surface area contributed by atoms with Gasteiger partial charge in [0, 0.05) is 20.1 Å². The quantitative estimate of drug-likeness (QED) is 0.282. The van der Waals surface area contributed by atoms with E-state index < -0.39 is 0 Å². The standard InChI is InChI=1S/C19H31FN4.HI/c1-16-9-13-24(14-10-16)12-4-3-11-22-19(21-2)23-15-17-5-7-18(20)8-6-17;/h5-8,16H,3-4,9-15H2,1-2H3,(H2,21,22,23);1H. The Morgan fingerprint density at radius 3 is 2.48 bits per heavy atom. The number of unbranched alkanes of at least 4 members (excludes halogenated alkanes) is 1. The van der Waals surface area contributed by atoms with Crippen LogP contribution in [0, 0.1) is 11.7 Å². The van der Waals surface area contributed by atoms with Crippen LogP contribution in [0.25, 0.3) is 0 Å². The highest BCUT2D eigenvalue weighted by atomic mass is 127. The largest absolute Gasteiger partial charge is 0.356 e. The number of aliphatic imine (C=N–C) groups is 1. The van der Waals surface area contributed by atoms with Gasteiger partial charge in [0.25, 0.3) is 0 Å².